The summed E-state index contributed by atoms with van der Waals surface area (Å²) in [6.45, 7) is 4.93. The van der Waals surface area contributed by atoms with Crippen LogP contribution >= 0.6 is 0 Å². The summed E-state index contributed by atoms with van der Waals surface area (Å²) in [5.74, 6) is 1.12. The number of rotatable bonds is 7. The second-order valence-corrected chi connectivity index (χ2v) is 6.34. The largest absolute Gasteiger partial charge is 0.493 e. The second-order valence-electron chi connectivity index (χ2n) is 6.34. The molecule has 2 amide bonds. The summed E-state index contributed by atoms with van der Waals surface area (Å²) in [5, 5.41) is 2.88. The Morgan fingerprint density at radius 1 is 1.29 bits per heavy atom. The smallest absolute Gasteiger partial charge is 0.225 e. The van der Waals surface area contributed by atoms with Crippen LogP contribution in [0.3, 0.4) is 0 Å². The molecule has 24 heavy (non-hydrogen) atoms. The van der Waals surface area contributed by atoms with Crippen LogP contribution in [0.4, 0.5) is 0 Å². The van der Waals surface area contributed by atoms with Gasteiger partial charge in [0.05, 0.1) is 20.1 Å². The van der Waals surface area contributed by atoms with Crippen LogP contribution in [0.2, 0.25) is 0 Å². The van der Waals surface area contributed by atoms with Crippen LogP contribution in [-0.4, -0.2) is 50.1 Å². The highest BCUT2D eigenvalue weighted by Gasteiger charge is 2.34. The number of carbonyl (C=O) groups excluding carboxylic acids is 2. The summed E-state index contributed by atoms with van der Waals surface area (Å²) >= 11 is 0. The lowest BCUT2D eigenvalue weighted by Gasteiger charge is -2.17. The molecule has 1 aromatic carbocycles. The molecule has 1 fully saturated rings. The Balaban J connectivity index is 1.92. The summed E-state index contributed by atoms with van der Waals surface area (Å²) in [6, 6.07) is 5.83. The van der Waals surface area contributed by atoms with Crippen LogP contribution in [0, 0.1) is 5.92 Å². The fourth-order valence-electron chi connectivity index (χ4n) is 2.87. The maximum absolute atomic E-state index is 12.1. The predicted octanol–water partition coefficient (Wildman–Crippen LogP) is 1.62. The number of methoxy groups -OCH3 is 2. The minimum atomic E-state index is -0.245. The van der Waals surface area contributed by atoms with Gasteiger partial charge in [-0.2, -0.15) is 0 Å². The van der Waals surface area contributed by atoms with Gasteiger partial charge in [-0.1, -0.05) is 6.07 Å². The van der Waals surface area contributed by atoms with Gasteiger partial charge in [-0.15, -0.1) is 0 Å². The van der Waals surface area contributed by atoms with Crippen molar-refractivity contribution in [3.05, 3.63) is 23.8 Å². The molecule has 1 atom stereocenters. The summed E-state index contributed by atoms with van der Waals surface area (Å²) in [4.78, 5) is 25.9. The number of likely N-dealkylation sites (tertiary alicyclic amines) is 1. The molecule has 0 spiro atoms. The first-order valence-corrected chi connectivity index (χ1v) is 8.23. The molecular formula is C18H26N2O4. The van der Waals surface area contributed by atoms with Crippen molar-refractivity contribution >= 4 is 11.8 Å². The predicted molar refractivity (Wildman–Crippen MR) is 91.2 cm³/mol. The monoisotopic (exact) mass is 334 g/mol. The molecule has 0 radical (unpaired) electrons. The Kier molecular flexibility index (Phi) is 6.06. The number of nitrogens with one attached hydrogen (secondary N) is 1. The van der Waals surface area contributed by atoms with E-state index in [-0.39, 0.29) is 23.8 Å². The summed E-state index contributed by atoms with van der Waals surface area (Å²) in [6.07, 6.45) is 1.01. The van der Waals surface area contributed by atoms with Gasteiger partial charge in [-0.05, 0) is 38.0 Å². The van der Waals surface area contributed by atoms with E-state index in [4.69, 9.17) is 9.47 Å². The van der Waals surface area contributed by atoms with Crippen molar-refractivity contribution in [3.63, 3.8) is 0 Å². The van der Waals surface area contributed by atoms with Crippen LogP contribution in [0.5, 0.6) is 11.5 Å². The molecule has 132 valence electrons. The maximum atomic E-state index is 12.1. The molecule has 1 aliphatic rings. The van der Waals surface area contributed by atoms with Crippen LogP contribution in [-0.2, 0) is 16.0 Å². The van der Waals surface area contributed by atoms with Gasteiger partial charge in [0, 0.05) is 25.6 Å². The van der Waals surface area contributed by atoms with Gasteiger partial charge in [0.2, 0.25) is 11.8 Å². The average molecular weight is 334 g/mol. The first-order chi connectivity index (χ1) is 11.4. The minimum Gasteiger partial charge on any atom is -0.493 e. The zero-order chi connectivity index (χ0) is 17.7. The van der Waals surface area contributed by atoms with Crippen molar-refractivity contribution in [2.75, 3.05) is 27.3 Å². The molecule has 1 saturated heterocycles. The standard InChI is InChI=1S/C18H26N2O4/c1-12(2)19-18(22)14-10-17(21)20(11-14)8-7-13-5-6-15(23-3)16(9-13)24-4/h5-6,9,12,14H,7-8,10-11H2,1-4H3,(H,19,22)/t14-/m1/s1. The fraction of sp³-hybridized carbons (Fsp3) is 0.556. The lowest BCUT2D eigenvalue weighted by Crippen LogP contribution is -2.37. The number of carbonyl (C=O) groups is 2. The van der Waals surface area contributed by atoms with Crippen molar-refractivity contribution in [1.29, 1.82) is 0 Å². The van der Waals surface area contributed by atoms with Crippen molar-refractivity contribution in [1.82, 2.24) is 10.2 Å². The molecule has 6 nitrogen and oxygen atoms in total. The van der Waals surface area contributed by atoms with E-state index >= 15 is 0 Å². The average Bonchev–Trinajstić information content (AvgIpc) is 2.93. The Morgan fingerprint density at radius 3 is 2.62 bits per heavy atom. The zero-order valence-electron chi connectivity index (χ0n) is 14.8. The van der Waals surface area contributed by atoms with Gasteiger partial charge in [0.25, 0.3) is 0 Å². The summed E-state index contributed by atoms with van der Waals surface area (Å²) in [7, 11) is 3.20. The third kappa shape index (κ3) is 4.40. The van der Waals surface area contributed by atoms with Crippen molar-refractivity contribution < 1.29 is 19.1 Å². The van der Waals surface area contributed by atoms with Crippen LogP contribution < -0.4 is 14.8 Å². The van der Waals surface area contributed by atoms with E-state index in [9.17, 15) is 9.59 Å². The van der Waals surface area contributed by atoms with E-state index in [1.807, 2.05) is 32.0 Å². The molecular weight excluding hydrogens is 308 g/mol. The molecule has 1 aliphatic heterocycles. The molecule has 0 bridgehead atoms. The highest BCUT2D eigenvalue weighted by Crippen LogP contribution is 2.28. The minimum absolute atomic E-state index is 0.0352. The van der Waals surface area contributed by atoms with Crippen LogP contribution in [0.15, 0.2) is 18.2 Å². The van der Waals surface area contributed by atoms with E-state index < -0.39 is 0 Å². The van der Waals surface area contributed by atoms with Gasteiger partial charge in [-0.3, -0.25) is 9.59 Å². The first kappa shape index (κ1) is 18.1. The molecule has 1 heterocycles. The van der Waals surface area contributed by atoms with Crippen LogP contribution in [0.25, 0.3) is 0 Å². The number of benzene rings is 1. The van der Waals surface area contributed by atoms with Crippen LogP contribution in [0.1, 0.15) is 25.8 Å². The van der Waals surface area contributed by atoms with Gasteiger partial charge in [0.15, 0.2) is 11.5 Å². The Labute approximate surface area is 143 Å². The van der Waals surface area contributed by atoms with Crippen molar-refractivity contribution in [2.45, 2.75) is 32.7 Å². The number of nitrogens with zero attached hydrogens (tertiary/aromatic N) is 1. The molecule has 1 N–H and O–H groups in total. The second kappa shape index (κ2) is 8.04. The van der Waals surface area contributed by atoms with E-state index in [1.165, 1.54) is 0 Å². The van der Waals surface area contributed by atoms with E-state index in [0.717, 1.165) is 5.56 Å². The maximum Gasteiger partial charge on any atom is 0.225 e. The summed E-state index contributed by atoms with van der Waals surface area (Å²) in [5.41, 5.74) is 1.07. The highest BCUT2D eigenvalue weighted by molar-refractivity contribution is 5.89. The first-order valence-electron chi connectivity index (χ1n) is 8.23. The van der Waals surface area contributed by atoms with Gasteiger partial charge >= 0.3 is 0 Å². The number of amides is 2. The molecule has 0 aliphatic carbocycles. The molecule has 0 aromatic heterocycles. The van der Waals surface area contributed by atoms with Gasteiger partial charge in [0.1, 0.15) is 0 Å². The van der Waals surface area contributed by atoms with Gasteiger partial charge < -0.3 is 19.7 Å². The van der Waals surface area contributed by atoms with E-state index in [1.54, 1.807) is 19.1 Å². The highest BCUT2D eigenvalue weighted by atomic mass is 16.5. The van der Waals surface area contributed by atoms with Crippen molar-refractivity contribution in [2.24, 2.45) is 5.92 Å². The molecule has 6 heteroatoms. The van der Waals surface area contributed by atoms with Gasteiger partial charge in [-0.25, -0.2) is 0 Å². The summed E-state index contributed by atoms with van der Waals surface area (Å²) < 4.78 is 10.5. The molecule has 2 rings (SSSR count). The normalized spacial score (nSPS) is 17.3. The SMILES string of the molecule is COc1ccc(CCN2C[C@H](C(=O)NC(C)C)CC2=O)cc1OC. The number of hydrogen-bond acceptors (Lipinski definition) is 4. The lowest BCUT2D eigenvalue weighted by atomic mass is 10.1. The molecule has 1 aromatic rings. The topological polar surface area (TPSA) is 67.9 Å². The molecule has 0 saturated carbocycles. The Bertz CT molecular complexity index is 601. The number of ether oxygens (including phenoxy) is 2. The van der Waals surface area contributed by atoms with E-state index in [2.05, 4.69) is 5.32 Å². The quantitative estimate of drug-likeness (QED) is 0.823. The Morgan fingerprint density at radius 2 is 2.00 bits per heavy atom. The lowest BCUT2D eigenvalue weighted by molar-refractivity contribution is -0.129. The fourth-order valence-corrected chi connectivity index (χ4v) is 2.87. The third-order valence-electron chi connectivity index (χ3n) is 4.13. The number of hydrogen-bond donors (Lipinski definition) is 1. The van der Waals surface area contributed by atoms with E-state index in [0.29, 0.717) is 37.4 Å². The molecule has 0 unspecified atom stereocenters. The van der Waals surface area contributed by atoms with Crippen molar-refractivity contribution in [3.8, 4) is 11.5 Å². The zero-order valence-corrected chi connectivity index (χ0v) is 14.8. The third-order valence-corrected chi connectivity index (χ3v) is 4.13. The Hall–Kier alpha value is -2.24.